The standard InChI is InChI=1S/C25H28N4O/c1-28-17-19(20-8-2-5-11-23(20)28)7-6-12-24(30)29-15-13-18(14-16-29)25-26-21-9-3-4-10-22(21)27-25/h2-5,8-11,17-18H,6-7,12-16H2,1H3,(H,26,27). The number of para-hydroxylation sites is 3. The number of carbonyl (C=O) groups excluding carboxylic acids is 1. The number of imidazole rings is 1. The number of likely N-dealkylation sites (tertiary alicyclic amines) is 1. The van der Waals surface area contributed by atoms with Gasteiger partial charge in [0.05, 0.1) is 11.0 Å². The van der Waals surface area contributed by atoms with Crippen molar-refractivity contribution in [2.75, 3.05) is 13.1 Å². The van der Waals surface area contributed by atoms with Gasteiger partial charge >= 0.3 is 0 Å². The van der Waals surface area contributed by atoms with Gasteiger partial charge in [0, 0.05) is 49.6 Å². The second-order valence-electron chi connectivity index (χ2n) is 8.43. The lowest BCUT2D eigenvalue weighted by Gasteiger charge is -2.31. The van der Waals surface area contributed by atoms with Gasteiger partial charge in [-0.1, -0.05) is 30.3 Å². The lowest BCUT2D eigenvalue weighted by atomic mass is 9.95. The first-order valence-corrected chi connectivity index (χ1v) is 10.9. The third-order valence-electron chi connectivity index (χ3n) is 6.46. The highest BCUT2D eigenvalue weighted by Gasteiger charge is 2.25. The number of hydrogen-bond donors (Lipinski definition) is 1. The van der Waals surface area contributed by atoms with E-state index >= 15 is 0 Å². The van der Waals surface area contributed by atoms with Crippen molar-refractivity contribution in [2.24, 2.45) is 7.05 Å². The molecule has 5 heteroatoms. The van der Waals surface area contributed by atoms with Crippen molar-refractivity contribution >= 4 is 27.8 Å². The number of piperidine rings is 1. The summed E-state index contributed by atoms with van der Waals surface area (Å²) in [4.78, 5) is 23.0. The fraction of sp³-hybridized carbons (Fsp3) is 0.360. The van der Waals surface area contributed by atoms with Crippen LogP contribution in [0.3, 0.4) is 0 Å². The van der Waals surface area contributed by atoms with E-state index < -0.39 is 0 Å². The number of carbonyl (C=O) groups is 1. The highest BCUT2D eigenvalue weighted by Crippen LogP contribution is 2.28. The minimum atomic E-state index is 0.290. The van der Waals surface area contributed by atoms with E-state index in [4.69, 9.17) is 4.98 Å². The molecule has 1 aliphatic heterocycles. The summed E-state index contributed by atoms with van der Waals surface area (Å²) in [6.07, 6.45) is 6.63. The van der Waals surface area contributed by atoms with Crippen molar-refractivity contribution in [1.82, 2.24) is 19.4 Å². The Morgan fingerprint density at radius 1 is 1.10 bits per heavy atom. The average Bonchev–Trinajstić information content (AvgIpc) is 3.35. The Balaban J connectivity index is 1.14. The summed E-state index contributed by atoms with van der Waals surface area (Å²) in [6.45, 7) is 1.66. The van der Waals surface area contributed by atoms with Crippen molar-refractivity contribution in [3.63, 3.8) is 0 Å². The molecule has 5 rings (SSSR count). The number of hydrogen-bond acceptors (Lipinski definition) is 2. The summed E-state index contributed by atoms with van der Waals surface area (Å²) in [5.41, 5.74) is 4.72. The second-order valence-corrected chi connectivity index (χ2v) is 8.43. The van der Waals surface area contributed by atoms with E-state index in [1.807, 2.05) is 23.1 Å². The van der Waals surface area contributed by atoms with Crippen LogP contribution in [0.4, 0.5) is 0 Å². The zero-order chi connectivity index (χ0) is 20.5. The van der Waals surface area contributed by atoms with Crippen LogP contribution in [0.25, 0.3) is 21.9 Å². The first kappa shape index (κ1) is 18.9. The number of aryl methyl sites for hydroxylation is 2. The Morgan fingerprint density at radius 3 is 2.70 bits per heavy atom. The van der Waals surface area contributed by atoms with Gasteiger partial charge < -0.3 is 14.5 Å². The van der Waals surface area contributed by atoms with E-state index in [1.54, 1.807) is 0 Å². The van der Waals surface area contributed by atoms with E-state index in [2.05, 4.69) is 53.1 Å². The smallest absolute Gasteiger partial charge is 0.222 e. The molecule has 0 radical (unpaired) electrons. The molecule has 3 heterocycles. The van der Waals surface area contributed by atoms with Gasteiger partial charge in [0.15, 0.2) is 0 Å². The molecule has 1 N–H and O–H groups in total. The van der Waals surface area contributed by atoms with Crippen molar-refractivity contribution in [3.8, 4) is 0 Å². The van der Waals surface area contributed by atoms with Crippen molar-refractivity contribution in [3.05, 3.63) is 66.1 Å². The molecule has 0 spiro atoms. The zero-order valence-electron chi connectivity index (χ0n) is 17.5. The maximum Gasteiger partial charge on any atom is 0.222 e. The molecular weight excluding hydrogens is 372 g/mol. The minimum absolute atomic E-state index is 0.290. The number of amides is 1. The van der Waals surface area contributed by atoms with Gasteiger partial charge in [0.2, 0.25) is 5.91 Å². The van der Waals surface area contributed by atoms with Crippen molar-refractivity contribution in [1.29, 1.82) is 0 Å². The highest BCUT2D eigenvalue weighted by molar-refractivity contribution is 5.84. The predicted octanol–water partition coefficient (Wildman–Crippen LogP) is 4.78. The molecule has 0 bridgehead atoms. The molecule has 2 aromatic heterocycles. The van der Waals surface area contributed by atoms with Crippen molar-refractivity contribution < 1.29 is 4.79 Å². The van der Waals surface area contributed by atoms with Crippen molar-refractivity contribution in [2.45, 2.75) is 38.0 Å². The Morgan fingerprint density at radius 2 is 1.87 bits per heavy atom. The zero-order valence-corrected chi connectivity index (χ0v) is 17.5. The van der Waals surface area contributed by atoms with E-state index in [9.17, 15) is 4.79 Å². The normalized spacial score (nSPS) is 15.3. The SMILES string of the molecule is Cn1cc(CCCC(=O)N2CCC(c3nc4ccccc4[nH]3)CC2)c2ccccc21. The van der Waals surface area contributed by atoms with Crippen LogP contribution in [0.15, 0.2) is 54.7 Å². The predicted molar refractivity (Wildman–Crippen MR) is 121 cm³/mol. The Labute approximate surface area is 176 Å². The van der Waals surface area contributed by atoms with Crippen LogP contribution in [0.5, 0.6) is 0 Å². The van der Waals surface area contributed by atoms with Gasteiger partial charge in [-0.2, -0.15) is 0 Å². The third-order valence-corrected chi connectivity index (χ3v) is 6.46. The van der Waals surface area contributed by atoms with Gasteiger partial charge in [-0.05, 0) is 49.4 Å². The van der Waals surface area contributed by atoms with E-state index in [0.29, 0.717) is 18.2 Å². The summed E-state index contributed by atoms with van der Waals surface area (Å²) in [6, 6.07) is 16.7. The number of aromatic amines is 1. The molecule has 0 aliphatic carbocycles. The molecule has 30 heavy (non-hydrogen) atoms. The highest BCUT2D eigenvalue weighted by atomic mass is 16.2. The van der Waals surface area contributed by atoms with Gasteiger partial charge in [-0.3, -0.25) is 4.79 Å². The van der Waals surface area contributed by atoms with E-state index in [1.165, 1.54) is 16.5 Å². The number of H-pyrrole nitrogens is 1. The lowest BCUT2D eigenvalue weighted by Crippen LogP contribution is -2.38. The molecule has 0 saturated carbocycles. The van der Waals surface area contributed by atoms with Gasteiger partial charge in [0.1, 0.15) is 5.82 Å². The van der Waals surface area contributed by atoms with Crippen LogP contribution in [0, 0.1) is 0 Å². The van der Waals surface area contributed by atoms with E-state index in [0.717, 1.165) is 55.6 Å². The van der Waals surface area contributed by atoms with Gasteiger partial charge in [0.25, 0.3) is 0 Å². The summed E-state index contributed by atoms with van der Waals surface area (Å²) < 4.78 is 2.18. The van der Waals surface area contributed by atoms with Crippen LogP contribution in [0.2, 0.25) is 0 Å². The number of aromatic nitrogens is 3. The topological polar surface area (TPSA) is 53.9 Å². The fourth-order valence-electron chi connectivity index (χ4n) is 4.78. The minimum Gasteiger partial charge on any atom is -0.350 e. The largest absolute Gasteiger partial charge is 0.350 e. The average molecular weight is 401 g/mol. The quantitative estimate of drug-likeness (QED) is 0.524. The Hall–Kier alpha value is -3.08. The summed E-state index contributed by atoms with van der Waals surface area (Å²) in [7, 11) is 2.09. The molecule has 4 aromatic rings. The van der Waals surface area contributed by atoms with Crippen LogP contribution < -0.4 is 0 Å². The summed E-state index contributed by atoms with van der Waals surface area (Å²) in [5.74, 6) is 1.77. The fourth-order valence-corrected chi connectivity index (χ4v) is 4.78. The number of rotatable bonds is 5. The molecule has 2 aromatic carbocycles. The van der Waals surface area contributed by atoms with Crippen LogP contribution >= 0.6 is 0 Å². The lowest BCUT2D eigenvalue weighted by molar-refractivity contribution is -0.132. The second kappa shape index (κ2) is 7.98. The Bertz CT molecular complexity index is 1150. The van der Waals surface area contributed by atoms with E-state index in [-0.39, 0.29) is 0 Å². The van der Waals surface area contributed by atoms with Crippen LogP contribution in [-0.2, 0) is 18.3 Å². The summed E-state index contributed by atoms with van der Waals surface area (Å²) >= 11 is 0. The molecule has 1 saturated heterocycles. The number of fused-ring (bicyclic) bond motifs is 2. The number of benzene rings is 2. The van der Waals surface area contributed by atoms with Gasteiger partial charge in [-0.15, -0.1) is 0 Å². The molecule has 0 atom stereocenters. The molecule has 5 nitrogen and oxygen atoms in total. The number of nitrogens with one attached hydrogen (secondary N) is 1. The molecule has 1 fully saturated rings. The maximum absolute atomic E-state index is 12.7. The number of nitrogens with zero attached hydrogens (tertiary/aromatic N) is 3. The van der Waals surface area contributed by atoms with Crippen LogP contribution in [-0.4, -0.2) is 38.4 Å². The third kappa shape index (κ3) is 3.60. The Kier molecular flexibility index (Phi) is 5.03. The molecule has 154 valence electrons. The first-order valence-electron chi connectivity index (χ1n) is 10.9. The first-order chi connectivity index (χ1) is 14.7. The van der Waals surface area contributed by atoms with Gasteiger partial charge in [-0.25, -0.2) is 4.98 Å². The molecule has 1 amide bonds. The van der Waals surface area contributed by atoms with Crippen LogP contribution in [0.1, 0.15) is 43.0 Å². The molecular formula is C25H28N4O. The monoisotopic (exact) mass is 400 g/mol. The molecule has 0 unspecified atom stereocenters. The molecule has 1 aliphatic rings. The maximum atomic E-state index is 12.7. The summed E-state index contributed by atoms with van der Waals surface area (Å²) in [5, 5.41) is 1.30.